The first-order valence-corrected chi connectivity index (χ1v) is 5.46. The van der Waals surface area contributed by atoms with Gasteiger partial charge in [-0.1, -0.05) is 0 Å². The molecule has 62 valence electrons. The highest BCUT2D eigenvalue weighted by Gasteiger charge is 2.29. The van der Waals surface area contributed by atoms with E-state index in [0.717, 1.165) is 0 Å². The molecule has 0 aliphatic carbocycles. The Kier molecular flexibility index (Phi) is 3.19. The van der Waals surface area contributed by atoms with E-state index >= 15 is 0 Å². The molecule has 0 aromatic heterocycles. The van der Waals surface area contributed by atoms with Crippen molar-refractivity contribution in [2.45, 2.75) is 0 Å². The lowest BCUT2D eigenvalue weighted by atomic mass is 12.0. The van der Waals surface area contributed by atoms with Crippen LogP contribution in [0.3, 0.4) is 0 Å². The number of hydrogen-bond acceptors (Lipinski definition) is 5. The van der Waals surface area contributed by atoms with Gasteiger partial charge in [0.25, 0.3) is 0 Å². The van der Waals surface area contributed by atoms with Crippen molar-refractivity contribution in [3.05, 3.63) is 0 Å². The molecule has 0 rings (SSSR count). The number of hydrogen-bond donors (Lipinski definition) is 3. The molecule has 0 aliphatic rings. The first-order chi connectivity index (χ1) is 4.27. The lowest BCUT2D eigenvalue weighted by Crippen LogP contribution is -1.88. The van der Waals surface area contributed by atoms with Crippen LogP contribution in [-0.4, -0.2) is 21.7 Å². The lowest BCUT2D eigenvalue weighted by Gasteiger charge is -2.08. The van der Waals surface area contributed by atoms with Crippen LogP contribution in [0.2, 0.25) is 0 Å². The Balaban J connectivity index is 4.17. The van der Waals surface area contributed by atoms with Crippen LogP contribution in [-0.2, 0) is 18.1 Å². The summed E-state index contributed by atoms with van der Waals surface area (Å²) in [5, 5.41) is 7.59. The molecule has 0 saturated carbocycles. The molecule has 0 amide bonds. The van der Waals surface area contributed by atoms with Gasteiger partial charge in [0, 0.05) is 6.66 Å². The van der Waals surface area contributed by atoms with E-state index in [0.29, 0.717) is 6.66 Å². The molecule has 0 bridgehead atoms. The molecule has 0 aromatic rings. The highest BCUT2D eigenvalue weighted by atomic mass is 31.3. The van der Waals surface area contributed by atoms with Gasteiger partial charge >= 0.3 is 15.4 Å². The molecular formula is CH6O7P2. The number of phosphoric acid groups is 1. The maximum absolute atomic E-state index is 10.2. The normalized spacial score (nSPS) is 23.2. The van der Waals surface area contributed by atoms with Crippen molar-refractivity contribution in [1.29, 1.82) is 0 Å². The lowest BCUT2D eigenvalue weighted by molar-refractivity contribution is -0.156. The van der Waals surface area contributed by atoms with Gasteiger partial charge in [-0.25, -0.2) is 14.1 Å². The first kappa shape index (κ1) is 10.3. The van der Waals surface area contributed by atoms with Crippen LogP contribution in [0.5, 0.6) is 0 Å². The van der Waals surface area contributed by atoms with Gasteiger partial charge in [0.15, 0.2) is 0 Å². The van der Waals surface area contributed by atoms with Crippen LogP contribution >= 0.6 is 15.4 Å². The Hall–Kier alpha value is 0.260. The van der Waals surface area contributed by atoms with Gasteiger partial charge in [0.05, 0.1) is 0 Å². The molecule has 0 fully saturated rings. The third-order valence-electron chi connectivity index (χ3n) is 0.358. The molecule has 7 nitrogen and oxygen atoms in total. The quantitative estimate of drug-likeness (QED) is 0.337. The fourth-order valence-electron chi connectivity index (χ4n) is 0.206. The minimum atomic E-state index is -4.75. The summed E-state index contributed by atoms with van der Waals surface area (Å²) in [4.78, 5) is 16.5. The molecule has 0 saturated heterocycles. The number of rotatable bonds is 3. The topological polar surface area (TPSA) is 113 Å². The second-order valence-electron chi connectivity index (χ2n) is 1.43. The fourth-order valence-corrected chi connectivity index (χ4v) is 1.86. The van der Waals surface area contributed by atoms with E-state index in [9.17, 15) is 9.13 Å². The smallest absolute Gasteiger partial charge is 0.324 e. The van der Waals surface area contributed by atoms with Gasteiger partial charge in [-0.05, 0) is 0 Å². The average molecular weight is 192 g/mol. The molecule has 0 spiro atoms. The van der Waals surface area contributed by atoms with E-state index < -0.39 is 15.4 Å². The summed E-state index contributed by atoms with van der Waals surface area (Å²) in [5.74, 6) is 0. The second kappa shape index (κ2) is 3.11. The van der Waals surface area contributed by atoms with E-state index in [1.54, 1.807) is 0 Å². The Labute approximate surface area is 56.3 Å². The maximum atomic E-state index is 10.2. The summed E-state index contributed by atoms with van der Waals surface area (Å²) in [6.07, 6.45) is 0. The maximum Gasteiger partial charge on any atom is 0.506 e. The highest BCUT2D eigenvalue weighted by molar-refractivity contribution is 7.63. The van der Waals surface area contributed by atoms with E-state index in [-0.39, 0.29) is 0 Å². The van der Waals surface area contributed by atoms with Gasteiger partial charge in [-0.2, -0.15) is 0 Å². The molecular weight excluding hydrogens is 186 g/mol. The Bertz CT molecular complexity index is 190. The zero-order chi connectivity index (χ0) is 8.41. The van der Waals surface area contributed by atoms with Gasteiger partial charge < -0.3 is 9.79 Å². The Morgan fingerprint density at radius 2 is 1.70 bits per heavy atom. The zero-order valence-corrected chi connectivity index (χ0v) is 6.66. The van der Waals surface area contributed by atoms with Gasteiger partial charge in [0.2, 0.25) is 0 Å². The molecule has 2 atom stereocenters. The van der Waals surface area contributed by atoms with Crippen molar-refractivity contribution in [3.8, 4) is 0 Å². The van der Waals surface area contributed by atoms with Crippen LogP contribution in [0.25, 0.3) is 0 Å². The SMILES string of the molecule is CP(=O)(O)OP(=O)(O)OO. The second-order valence-corrected chi connectivity index (χ2v) is 4.79. The summed E-state index contributed by atoms with van der Waals surface area (Å²) in [5.41, 5.74) is 0. The summed E-state index contributed by atoms with van der Waals surface area (Å²) >= 11 is 0. The third kappa shape index (κ3) is 5.08. The van der Waals surface area contributed by atoms with Gasteiger partial charge in [0.1, 0.15) is 0 Å². The zero-order valence-electron chi connectivity index (χ0n) is 4.87. The largest absolute Gasteiger partial charge is 0.506 e. The Morgan fingerprint density at radius 3 is 1.80 bits per heavy atom. The summed E-state index contributed by atoms with van der Waals surface area (Å²) in [6, 6.07) is 0. The van der Waals surface area contributed by atoms with Crippen molar-refractivity contribution >= 4 is 15.4 Å². The molecule has 0 radical (unpaired) electrons. The van der Waals surface area contributed by atoms with E-state index in [4.69, 9.17) is 15.0 Å². The van der Waals surface area contributed by atoms with Crippen LogP contribution in [0.15, 0.2) is 0 Å². The van der Waals surface area contributed by atoms with Crippen molar-refractivity contribution in [1.82, 2.24) is 0 Å². The van der Waals surface area contributed by atoms with E-state index in [2.05, 4.69) is 8.99 Å². The van der Waals surface area contributed by atoms with Crippen LogP contribution < -0.4 is 0 Å². The molecule has 0 aliphatic heterocycles. The molecule has 0 heterocycles. The molecule has 3 N–H and O–H groups in total. The van der Waals surface area contributed by atoms with Crippen LogP contribution in [0.1, 0.15) is 0 Å². The van der Waals surface area contributed by atoms with Crippen molar-refractivity contribution in [3.63, 3.8) is 0 Å². The summed E-state index contributed by atoms with van der Waals surface area (Å²) < 4.78 is 26.7. The predicted octanol–water partition coefficient (Wildman–Crippen LogP) is 0.408. The fraction of sp³-hybridized carbons (Fsp3) is 1.00. The van der Waals surface area contributed by atoms with Gasteiger partial charge in [-0.3, -0.25) is 4.57 Å². The molecule has 9 heteroatoms. The highest BCUT2D eigenvalue weighted by Crippen LogP contribution is 2.57. The van der Waals surface area contributed by atoms with Crippen LogP contribution in [0, 0.1) is 0 Å². The monoisotopic (exact) mass is 192 g/mol. The van der Waals surface area contributed by atoms with Crippen molar-refractivity contribution < 1.29 is 33.2 Å². The van der Waals surface area contributed by atoms with Crippen molar-refractivity contribution in [2.24, 2.45) is 0 Å². The van der Waals surface area contributed by atoms with Crippen LogP contribution in [0.4, 0.5) is 0 Å². The Morgan fingerprint density at radius 1 is 1.30 bits per heavy atom. The molecule has 2 unspecified atom stereocenters. The van der Waals surface area contributed by atoms with E-state index in [1.165, 1.54) is 0 Å². The minimum absolute atomic E-state index is 0.675. The van der Waals surface area contributed by atoms with Gasteiger partial charge in [-0.15, -0.1) is 4.67 Å². The third-order valence-corrected chi connectivity index (χ3v) is 2.60. The predicted molar refractivity (Wildman–Crippen MR) is 30.4 cm³/mol. The summed E-state index contributed by atoms with van der Waals surface area (Å²) in [7, 11) is -8.85. The van der Waals surface area contributed by atoms with E-state index in [1.807, 2.05) is 0 Å². The standard InChI is InChI=1S/CH6O7P2/c1-9(3,4)8-10(5,6)7-2/h2H,1H3,(H,3,4)(H,5,6). The molecule has 0 aromatic carbocycles. The minimum Gasteiger partial charge on any atom is -0.324 e. The van der Waals surface area contributed by atoms with Crippen molar-refractivity contribution in [2.75, 3.05) is 6.66 Å². The molecule has 10 heavy (non-hydrogen) atoms. The first-order valence-electron chi connectivity index (χ1n) is 1.94. The average Bonchev–Trinajstić information content (AvgIpc) is 1.60. The summed E-state index contributed by atoms with van der Waals surface area (Å²) in [6.45, 7) is 0.675.